The molecule has 1 saturated carbocycles. The Morgan fingerprint density at radius 3 is 2.93 bits per heavy atom. The van der Waals surface area contributed by atoms with Gasteiger partial charge >= 0.3 is 5.97 Å². The maximum absolute atomic E-state index is 10.8. The molecular weight excluding hydrogens is 184 g/mol. The average molecular weight is 194 g/mol. The average Bonchev–Trinajstić information content (AvgIpc) is 2.87. The highest BCUT2D eigenvalue weighted by molar-refractivity contribution is 5.95. The molecule has 0 aliphatic heterocycles. The summed E-state index contributed by atoms with van der Waals surface area (Å²) in [6.07, 6.45) is 3.54. The quantitative estimate of drug-likeness (QED) is 0.746. The zero-order valence-corrected chi connectivity index (χ0v) is 7.43. The highest BCUT2D eigenvalue weighted by Gasteiger charge is 2.26. The second-order valence-electron chi connectivity index (χ2n) is 3.19. The molecule has 0 spiro atoms. The third kappa shape index (κ3) is 1.61. The van der Waals surface area contributed by atoms with Gasteiger partial charge in [0, 0.05) is 6.20 Å². The zero-order valence-electron chi connectivity index (χ0n) is 7.43. The van der Waals surface area contributed by atoms with E-state index in [1.54, 1.807) is 0 Å². The van der Waals surface area contributed by atoms with E-state index >= 15 is 0 Å². The Bertz CT molecular complexity index is 374. The molecule has 0 bridgehead atoms. The molecule has 2 rings (SSSR count). The fourth-order valence-corrected chi connectivity index (χ4v) is 1.14. The van der Waals surface area contributed by atoms with E-state index in [0.717, 1.165) is 12.8 Å². The molecule has 1 aliphatic carbocycles. The van der Waals surface area contributed by atoms with Crippen LogP contribution in [0.3, 0.4) is 0 Å². The van der Waals surface area contributed by atoms with Gasteiger partial charge in [0.1, 0.15) is 17.1 Å². The van der Waals surface area contributed by atoms with Gasteiger partial charge in [-0.05, 0) is 18.9 Å². The number of nitrogens with zero attached hydrogens (tertiary/aromatic N) is 1. The van der Waals surface area contributed by atoms with Crippen LogP contribution in [-0.4, -0.2) is 22.2 Å². The maximum atomic E-state index is 10.8. The molecule has 1 heterocycles. The lowest BCUT2D eigenvalue weighted by atomic mass is 10.2. The van der Waals surface area contributed by atoms with Crippen molar-refractivity contribution in [2.45, 2.75) is 18.9 Å². The highest BCUT2D eigenvalue weighted by atomic mass is 16.5. The number of nitrogens with two attached hydrogens (primary N) is 1. The van der Waals surface area contributed by atoms with E-state index in [0.29, 0.717) is 5.75 Å². The molecule has 1 fully saturated rings. The third-order valence-corrected chi connectivity index (χ3v) is 1.97. The van der Waals surface area contributed by atoms with E-state index in [4.69, 9.17) is 15.6 Å². The number of anilines is 1. The van der Waals surface area contributed by atoms with E-state index in [2.05, 4.69) is 4.98 Å². The number of carboxylic acids is 1. The Balaban J connectivity index is 2.35. The molecule has 5 heteroatoms. The van der Waals surface area contributed by atoms with Crippen LogP contribution in [0.5, 0.6) is 5.75 Å². The number of rotatable bonds is 3. The van der Waals surface area contributed by atoms with Gasteiger partial charge in [0.15, 0.2) is 0 Å². The molecule has 0 aromatic carbocycles. The first-order valence-corrected chi connectivity index (χ1v) is 4.33. The number of aromatic carboxylic acids is 1. The molecule has 1 aromatic heterocycles. The summed E-state index contributed by atoms with van der Waals surface area (Å²) in [6, 6.07) is 1.53. The van der Waals surface area contributed by atoms with E-state index in [1.165, 1.54) is 12.3 Å². The van der Waals surface area contributed by atoms with Gasteiger partial charge in [0.25, 0.3) is 0 Å². The molecule has 5 nitrogen and oxygen atoms in total. The Labute approximate surface area is 80.5 Å². The molecule has 0 saturated heterocycles. The molecule has 14 heavy (non-hydrogen) atoms. The molecule has 0 amide bonds. The van der Waals surface area contributed by atoms with E-state index in [9.17, 15) is 4.79 Å². The minimum atomic E-state index is -1.11. The summed E-state index contributed by atoms with van der Waals surface area (Å²) in [6.45, 7) is 0. The summed E-state index contributed by atoms with van der Waals surface area (Å²) in [4.78, 5) is 14.6. The van der Waals surface area contributed by atoms with Gasteiger partial charge in [-0.15, -0.1) is 0 Å². The number of aromatic nitrogens is 1. The highest BCUT2D eigenvalue weighted by Crippen LogP contribution is 2.30. The van der Waals surface area contributed by atoms with Crippen molar-refractivity contribution < 1.29 is 14.6 Å². The van der Waals surface area contributed by atoms with Gasteiger partial charge in [-0.25, -0.2) is 9.78 Å². The minimum absolute atomic E-state index is 0.00403. The van der Waals surface area contributed by atoms with Crippen LogP contribution in [0.4, 0.5) is 5.82 Å². The van der Waals surface area contributed by atoms with Crippen molar-refractivity contribution in [1.82, 2.24) is 4.98 Å². The summed E-state index contributed by atoms with van der Waals surface area (Å²) in [5.74, 6) is -0.797. The van der Waals surface area contributed by atoms with Crippen LogP contribution in [0, 0.1) is 0 Å². The van der Waals surface area contributed by atoms with Crippen molar-refractivity contribution in [2.75, 3.05) is 5.73 Å². The summed E-state index contributed by atoms with van der Waals surface area (Å²) in [5.41, 5.74) is 5.40. The van der Waals surface area contributed by atoms with Gasteiger partial charge in [-0.2, -0.15) is 0 Å². The van der Waals surface area contributed by atoms with Crippen LogP contribution in [0.1, 0.15) is 23.2 Å². The lowest BCUT2D eigenvalue weighted by Gasteiger charge is -2.08. The standard InChI is InChI=1S/C9H10N2O3/c10-8-7(9(12)13)6(3-4-11-8)14-5-1-2-5/h3-5H,1-2H2,(H2,10,11)(H,12,13). The lowest BCUT2D eigenvalue weighted by molar-refractivity contribution is 0.0693. The van der Waals surface area contributed by atoms with Crippen molar-refractivity contribution in [1.29, 1.82) is 0 Å². The first-order valence-electron chi connectivity index (χ1n) is 4.33. The first kappa shape index (κ1) is 8.80. The molecule has 0 radical (unpaired) electrons. The fraction of sp³-hybridized carbons (Fsp3) is 0.333. The smallest absolute Gasteiger partial charge is 0.343 e. The Kier molecular flexibility index (Phi) is 1.99. The summed E-state index contributed by atoms with van der Waals surface area (Å²) in [5, 5.41) is 8.88. The number of ether oxygens (including phenoxy) is 1. The van der Waals surface area contributed by atoms with E-state index in [1.807, 2.05) is 0 Å². The predicted molar refractivity (Wildman–Crippen MR) is 49.3 cm³/mol. The largest absolute Gasteiger partial charge is 0.489 e. The topological polar surface area (TPSA) is 85.4 Å². The number of carbonyl (C=O) groups is 1. The van der Waals surface area contributed by atoms with Crippen LogP contribution in [0.25, 0.3) is 0 Å². The number of nitrogen functional groups attached to an aromatic ring is 1. The maximum Gasteiger partial charge on any atom is 0.343 e. The molecular formula is C9H10N2O3. The molecule has 1 aliphatic rings. The van der Waals surface area contributed by atoms with Gasteiger partial charge in [-0.1, -0.05) is 0 Å². The molecule has 0 atom stereocenters. The van der Waals surface area contributed by atoms with Crippen molar-refractivity contribution in [2.24, 2.45) is 0 Å². The van der Waals surface area contributed by atoms with E-state index in [-0.39, 0.29) is 17.5 Å². The summed E-state index contributed by atoms with van der Waals surface area (Å²) >= 11 is 0. The normalized spacial score (nSPS) is 15.1. The van der Waals surface area contributed by atoms with Crippen LogP contribution in [0.2, 0.25) is 0 Å². The zero-order chi connectivity index (χ0) is 10.1. The summed E-state index contributed by atoms with van der Waals surface area (Å²) < 4.78 is 5.40. The number of carboxylic acid groups (broad SMARTS) is 1. The SMILES string of the molecule is Nc1nccc(OC2CC2)c1C(=O)O. The predicted octanol–water partition coefficient (Wildman–Crippen LogP) is 0.903. The fourth-order valence-electron chi connectivity index (χ4n) is 1.14. The van der Waals surface area contributed by atoms with Gasteiger partial charge in [0.05, 0.1) is 6.10 Å². The van der Waals surface area contributed by atoms with Gasteiger partial charge in [0.2, 0.25) is 0 Å². The molecule has 3 N–H and O–H groups in total. The van der Waals surface area contributed by atoms with E-state index < -0.39 is 5.97 Å². The van der Waals surface area contributed by atoms with Gasteiger partial charge < -0.3 is 15.6 Å². The second-order valence-corrected chi connectivity index (χ2v) is 3.19. The van der Waals surface area contributed by atoms with Crippen molar-refractivity contribution in [3.63, 3.8) is 0 Å². The Morgan fingerprint density at radius 1 is 1.64 bits per heavy atom. The number of pyridine rings is 1. The van der Waals surface area contributed by atoms with Crippen LogP contribution < -0.4 is 10.5 Å². The number of hydrogen-bond donors (Lipinski definition) is 2. The lowest BCUT2D eigenvalue weighted by Crippen LogP contribution is -2.09. The Morgan fingerprint density at radius 2 is 2.36 bits per heavy atom. The molecule has 1 aromatic rings. The van der Waals surface area contributed by atoms with Gasteiger partial charge in [-0.3, -0.25) is 0 Å². The first-order chi connectivity index (χ1) is 6.68. The molecule has 74 valence electrons. The monoisotopic (exact) mass is 194 g/mol. The van der Waals surface area contributed by atoms with Crippen LogP contribution >= 0.6 is 0 Å². The molecule has 0 unspecified atom stereocenters. The third-order valence-electron chi connectivity index (χ3n) is 1.97. The van der Waals surface area contributed by atoms with Crippen LogP contribution in [-0.2, 0) is 0 Å². The minimum Gasteiger partial charge on any atom is -0.489 e. The van der Waals surface area contributed by atoms with Crippen molar-refractivity contribution in [3.05, 3.63) is 17.8 Å². The van der Waals surface area contributed by atoms with Crippen molar-refractivity contribution >= 4 is 11.8 Å². The van der Waals surface area contributed by atoms with Crippen LogP contribution in [0.15, 0.2) is 12.3 Å². The second kappa shape index (κ2) is 3.17. The summed E-state index contributed by atoms with van der Waals surface area (Å²) in [7, 11) is 0. The Hall–Kier alpha value is -1.78. The van der Waals surface area contributed by atoms with Crippen molar-refractivity contribution in [3.8, 4) is 5.75 Å². The number of hydrogen-bond acceptors (Lipinski definition) is 4.